The van der Waals surface area contributed by atoms with Crippen molar-refractivity contribution in [2.75, 3.05) is 26.6 Å². The molecule has 2 aromatic rings. The number of carbonyl (C=O) groups is 2. The van der Waals surface area contributed by atoms with Crippen LogP contribution in [0.15, 0.2) is 59.1 Å². The number of carbonyl (C=O) groups excluding carboxylic acids is 2. The van der Waals surface area contributed by atoms with Crippen molar-refractivity contribution in [2.45, 2.75) is 13.0 Å². The van der Waals surface area contributed by atoms with E-state index in [1.807, 2.05) is 30.3 Å². The first-order chi connectivity index (χ1) is 15.1. The molecule has 2 aliphatic rings. The van der Waals surface area contributed by atoms with E-state index in [1.54, 1.807) is 44.2 Å². The van der Waals surface area contributed by atoms with Crippen molar-refractivity contribution in [2.24, 2.45) is 4.99 Å². The Bertz CT molecular complexity index is 1080. The summed E-state index contributed by atoms with van der Waals surface area (Å²) in [6.45, 7) is 1.95. The van der Waals surface area contributed by atoms with Crippen LogP contribution in [0.1, 0.15) is 24.1 Å². The fourth-order valence-corrected chi connectivity index (χ4v) is 4.60. The van der Waals surface area contributed by atoms with E-state index in [9.17, 15) is 9.59 Å². The summed E-state index contributed by atoms with van der Waals surface area (Å²) in [6.07, 6.45) is 0. The molecule has 0 bridgehead atoms. The van der Waals surface area contributed by atoms with Crippen molar-refractivity contribution in [1.29, 1.82) is 0 Å². The van der Waals surface area contributed by atoms with E-state index in [0.717, 1.165) is 5.56 Å². The Morgan fingerprint density at radius 2 is 1.94 bits per heavy atom. The van der Waals surface area contributed by atoms with Gasteiger partial charge in [0.25, 0.3) is 0 Å². The minimum absolute atomic E-state index is 0.132. The van der Waals surface area contributed by atoms with Gasteiger partial charge in [-0.05, 0) is 25.1 Å². The van der Waals surface area contributed by atoms with Crippen molar-refractivity contribution in [3.63, 3.8) is 0 Å². The van der Waals surface area contributed by atoms with Gasteiger partial charge in [0.15, 0.2) is 5.17 Å². The van der Waals surface area contributed by atoms with Gasteiger partial charge in [-0.2, -0.15) is 0 Å². The highest BCUT2D eigenvalue weighted by Crippen LogP contribution is 2.46. The van der Waals surface area contributed by atoms with Gasteiger partial charge in [0.2, 0.25) is 5.91 Å². The number of methoxy groups -OCH3 is 2. The highest BCUT2D eigenvalue weighted by molar-refractivity contribution is 8.15. The standard InChI is InChI=1S/C23H22N2O5S/c1-4-30-22(27)19-20(14-8-6-5-7-9-14)24-23-25(18(26)13-31-23)21(19)16-12-15(28-2)10-11-17(16)29-3/h5-12,21H,4,13H2,1-3H3. The van der Waals surface area contributed by atoms with Crippen LogP contribution in [-0.4, -0.2) is 48.5 Å². The summed E-state index contributed by atoms with van der Waals surface area (Å²) in [5, 5.41) is 0.548. The molecule has 31 heavy (non-hydrogen) atoms. The molecule has 2 heterocycles. The lowest BCUT2D eigenvalue weighted by molar-refractivity contribution is -0.139. The van der Waals surface area contributed by atoms with Crippen LogP contribution in [-0.2, 0) is 14.3 Å². The lowest BCUT2D eigenvalue weighted by Gasteiger charge is -2.34. The number of hydrogen-bond acceptors (Lipinski definition) is 7. The van der Waals surface area contributed by atoms with Gasteiger partial charge in [-0.25, -0.2) is 9.79 Å². The molecule has 1 saturated heterocycles. The molecular weight excluding hydrogens is 416 g/mol. The van der Waals surface area contributed by atoms with E-state index in [0.29, 0.717) is 33.5 Å². The lowest BCUT2D eigenvalue weighted by atomic mass is 9.91. The van der Waals surface area contributed by atoms with Gasteiger partial charge in [0, 0.05) is 11.1 Å². The van der Waals surface area contributed by atoms with E-state index >= 15 is 0 Å². The van der Waals surface area contributed by atoms with Crippen LogP contribution in [0, 0.1) is 0 Å². The topological polar surface area (TPSA) is 77.4 Å². The van der Waals surface area contributed by atoms with Crippen LogP contribution in [0.25, 0.3) is 5.70 Å². The lowest BCUT2D eigenvalue weighted by Crippen LogP contribution is -2.39. The minimum Gasteiger partial charge on any atom is -0.497 e. The quantitative estimate of drug-likeness (QED) is 0.641. The maximum absolute atomic E-state index is 13.2. The number of thioether (sulfide) groups is 1. The van der Waals surface area contributed by atoms with Gasteiger partial charge in [-0.15, -0.1) is 0 Å². The SMILES string of the molecule is CCOC(=O)C1=C(c2ccccc2)N=C2SCC(=O)N2C1c1cc(OC)ccc1OC. The Morgan fingerprint density at radius 3 is 2.61 bits per heavy atom. The fourth-order valence-electron chi connectivity index (χ4n) is 3.71. The zero-order chi connectivity index (χ0) is 22.0. The van der Waals surface area contributed by atoms with E-state index in [2.05, 4.69) is 0 Å². The van der Waals surface area contributed by atoms with Gasteiger partial charge in [0.05, 0.1) is 37.8 Å². The number of ether oxygens (including phenoxy) is 3. The molecular formula is C23H22N2O5S. The Balaban J connectivity index is 2.02. The summed E-state index contributed by atoms with van der Waals surface area (Å²) < 4.78 is 16.4. The Labute approximate surface area is 184 Å². The summed E-state index contributed by atoms with van der Waals surface area (Å²) in [7, 11) is 3.11. The van der Waals surface area contributed by atoms with Crippen molar-refractivity contribution in [3.05, 3.63) is 65.2 Å². The minimum atomic E-state index is -0.755. The monoisotopic (exact) mass is 438 g/mol. The number of rotatable bonds is 6. The summed E-state index contributed by atoms with van der Waals surface area (Å²) in [6, 6.07) is 14.0. The molecule has 0 N–H and O–H groups in total. The highest BCUT2D eigenvalue weighted by atomic mass is 32.2. The molecule has 8 heteroatoms. The molecule has 0 saturated carbocycles. The second-order valence-electron chi connectivity index (χ2n) is 6.81. The van der Waals surface area contributed by atoms with Crippen LogP contribution in [0.3, 0.4) is 0 Å². The summed E-state index contributed by atoms with van der Waals surface area (Å²) in [4.78, 5) is 32.4. The average Bonchev–Trinajstić information content (AvgIpc) is 3.18. The molecule has 0 spiro atoms. The van der Waals surface area contributed by atoms with E-state index < -0.39 is 12.0 Å². The van der Waals surface area contributed by atoms with E-state index in [1.165, 1.54) is 11.8 Å². The van der Waals surface area contributed by atoms with Crippen LogP contribution < -0.4 is 9.47 Å². The van der Waals surface area contributed by atoms with Crippen LogP contribution in [0.4, 0.5) is 0 Å². The number of amidine groups is 1. The number of hydrogen-bond donors (Lipinski definition) is 0. The van der Waals surface area contributed by atoms with E-state index in [4.69, 9.17) is 19.2 Å². The van der Waals surface area contributed by atoms with Gasteiger partial charge in [0.1, 0.15) is 17.5 Å². The number of aliphatic imine (C=N–C) groups is 1. The number of esters is 1. The third kappa shape index (κ3) is 3.79. The van der Waals surface area contributed by atoms with Crippen molar-refractivity contribution >= 4 is 34.5 Å². The maximum Gasteiger partial charge on any atom is 0.338 e. The summed E-state index contributed by atoms with van der Waals surface area (Å²) >= 11 is 1.35. The predicted octanol–water partition coefficient (Wildman–Crippen LogP) is 3.66. The molecule has 1 atom stereocenters. The van der Waals surface area contributed by atoms with Crippen LogP contribution >= 0.6 is 11.8 Å². The first kappa shape index (κ1) is 21.0. The van der Waals surface area contributed by atoms with Crippen molar-refractivity contribution < 1.29 is 23.8 Å². The van der Waals surface area contributed by atoms with Gasteiger partial charge in [-0.3, -0.25) is 9.69 Å². The Morgan fingerprint density at radius 1 is 1.16 bits per heavy atom. The second-order valence-corrected chi connectivity index (χ2v) is 7.75. The summed E-state index contributed by atoms with van der Waals surface area (Å²) in [5.41, 5.74) is 2.17. The Kier molecular flexibility index (Phi) is 5.99. The zero-order valence-corrected chi connectivity index (χ0v) is 18.3. The molecule has 1 unspecified atom stereocenters. The predicted molar refractivity (Wildman–Crippen MR) is 119 cm³/mol. The van der Waals surface area contributed by atoms with Crippen LogP contribution in [0.2, 0.25) is 0 Å². The van der Waals surface area contributed by atoms with Gasteiger partial charge >= 0.3 is 5.97 Å². The van der Waals surface area contributed by atoms with Crippen molar-refractivity contribution in [3.8, 4) is 11.5 Å². The van der Waals surface area contributed by atoms with Crippen molar-refractivity contribution in [1.82, 2.24) is 4.90 Å². The largest absolute Gasteiger partial charge is 0.497 e. The first-order valence-electron chi connectivity index (χ1n) is 9.81. The highest BCUT2D eigenvalue weighted by Gasteiger charge is 2.45. The fraction of sp³-hybridized carbons (Fsp3) is 0.261. The molecule has 160 valence electrons. The number of benzene rings is 2. The third-order valence-corrected chi connectivity index (χ3v) is 6.01. The number of fused-ring (bicyclic) bond motifs is 1. The average molecular weight is 439 g/mol. The summed E-state index contributed by atoms with van der Waals surface area (Å²) in [5.74, 6) is 0.714. The van der Waals surface area contributed by atoms with Gasteiger partial charge < -0.3 is 14.2 Å². The number of nitrogens with zero attached hydrogens (tertiary/aromatic N) is 2. The molecule has 0 radical (unpaired) electrons. The smallest absolute Gasteiger partial charge is 0.338 e. The Hall–Kier alpha value is -3.26. The normalized spacial score (nSPS) is 17.9. The molecule has 1 amide bonds. The van der Waals surface area contributed by atoms with E-state index in [-0.39, 0.29) is 18.3 Å². The first-order valence-corrected chi connectivity index (χ1v) is 10.8. The zero-order valence-electron chi connectivity index (χ0n) is 17.5. The second kappa shape index (κ2) is 8.85. The molecule has 2 aromatic carbocycles. The molecule has 0 aliphatic carbocycles. The van der Waals surface area contributed by atoms with Gasteiger partial charge in [-0.1, -0.05) is 42.1 Å². The molecule has 7 nitrogen and oxygen atoms in total. The maximum atomic E-state index is 13.2. The molecule has 1 fully saturated rings. The molecule has 0 aromatic heterocycles. The third-order valence-electron chi connectivity index (χ3n) is 5.07. The molecule has 4 rings (SSSR count). The molecule has 2 aliphatic heterocycles. The number of amides is 1. The van der Waals surface area contributed by atoms with Crippen LogP contribution in [0.5, 0.6) is 11.5 Å².